The molecule has 0 unspecified atom stereocenters. The van der Waals surface area contributed by atoms with E-state index < -0.39 is 5.97 Å². The summed E-state index contributed by atoms with van der Waals surface area (Å²) in [6, 6.07) is 0. The second-order valence-electron chi connectivity index (χ2n) is 3.16. The molecule has 0 radical (unpaired) electrons. The number of carboxylic acids is 1. The van der Waals surface area contributed by atoms with Gasteiger partial charge in [-0.1, -0.05) is 0 Å². The maximum Gasteiger partial charge on any atom is 0.329 e. The zero-order valence-corrected chi connectivity index (χ0v) is 9.67. The fourth-order valence-electron chi connectivity index (χ4n) is 0.968. The molecule has 5 heteroatoms. The van der Waals surface area contributed by atoms with Crippen LogP contribution in [0, 0.1) is 0 Å². The zero-order valence-electron chi connectivity index (χ0n) is 8.91. The summed E-state index contributed by atoms with van der Waals surface area (Å²) in [5, 5.41) is 8.28. The molecule has 4 nitrogen and oxygen atoms in total. The summed E-state index contributed by atoms with van der Waals surface area (Å²) in [5.41, 5.74) is 0. The number of rotatable bonds is 11. The number of hydrogen-bond donors (Lipinski definition) is 1. The summed E-state index contributed by atoms with van der Waals surface area (Å²) in [5.74, 6) is -0.237. The molecule has 90 valence electrons. The molecule has 0 aliphatic carbocycles. The summed E-state index contributed by atoms with van der Waals surface area (Å²) in [4.78, 5) is 10.1. The third-order valence-electron chi connectivity index (χ3n) is 1.73. The van der Waals surface area contributed by atoms with Crippen LogP contribution in [0.3, 0.4) is 0 Å². The maximum atomic E-state index is 10.1. The Bertz CT molecular complexity index is 152. The summed E-state index contributed by atoms with van der Waals surface area (Å²) >= 11 is 5.50. The van der Waals surface area contributed by atoms with E-state index in [-0.39, 0.29) is 6.61 Å². The molecule has 0 aromatic rings. The average molecular weight is 239 g/mol. The third kappa shape index (κ3) is 13.7. The van der Waals surface area contributed by atoms with Crippen LogP contribution in [0.4, 0.5) is 0 Å². The molecule has 0 saturated heterocycles. The number of aliphatic carboxylic acids is 1. The van der Waals surface area contributed by atoms with Crippen molar-refractivity contribution in [3.8, 4) is 0 Å². The number of carbonyl (C=O) groups is 1. The number of ether oxygens (including phenoxy) is 2. The number of unbranched alkanes of at least 4 members (excludes halogenated alkanes) is 2. The molecule has 15 heavy (non-hydrogen) atoms. The summed E-state index contributed by atoms with van der Waals surface area (Å²) in [6.07, 6.45) is 3.73. The highest BCUT2D eigenvalue weighted by Gasteiger charge is 1.95. The lowest BCUT2D eigenvalue weighted by Gasteiger charge is -2.03. The van der Waals surface area contributed by atoms with Crippen molar-refractivity contribution in [1.29, 1.82) is 0 Å². The molecule has 0 fully saturated rings. The van der Waals surface area contributed by atoms with E-state index in [1.54, 1.807) is 0 Å². The van der Waals surface area contributed by atoms with Gasteiger partial charge in [0.15, 0.2) is 0 Å². The van der Waals surface area contributed by atoms with Gasteiger partial charge in [-0.25, -0.2) is 4.79 Å². The van der Waals surface area contributed by atoms with Gasteiger partial charge in [0.1, 0.15) is 6.61 Å². The van der Waals surface area contributed by atoms with Gasteiger partial charge in [0.2, 0.25) is 0 Å². The van der Waals surface area contributed by atoms with Crippen molar-refractivity contribution < 1.29 is 19.4 Å². The fraction of sp³-hybridized carbons (Fsp3) is 0.900. The normalized spacial score (nSPS) is 10.5. The van der Waals surface area contributed by atoms with E-state index in [9.17, 15) is 4.79 Å². The third-order valence-corrected chi connectivity index (χ3v) is 1.99. The Hall–Kier alpha value is -0.320. The molecule has 0 amide bonds. The zero-order chi connectivity index (χ0) is 11.4. The van der Waals surface area contributed by atoms with E-state index in [1.165, 1.54) is 0 Å². The average Bonchev–Trinajstić information content (AvgIpc) is 2.20. The lowest BCUT2D eigenvalue weighted by atomic mass is 10.3. The van der Waals surface area contributed by atoms with Crippen LogP contribution in [0.25, 0.3) is 0 Å². The van der Waals surface area contributed by atoms with Gasteiger partial charge in [-0.2, -0.15) is 0 Å². The van der Waals surface area contributed by atoms with E-state index in [1.807, 2.05) is 0 Å². The molecule has 0 heterocycles. The Morgan fingerprint density at radius 2 is 1.53 bits per heavy atom. The van der Waals surface area contributed by atoms with Crippen LogP contribution in [-0.4, -0.2) is 43.4 Å². The molecule has 0 bridgehead atoms. The van der Waals surface area contributed by atoms with E-state index >= 15 is 0 Å². The first-order chi connectivity index (χ1) is 7.27. The van der Waals surface area contributed by atoms with Crippen molar-refractivity contribution in [1.82, 2.24) is 0 Å². The number of halogens is 1. The Labute approximate surface area is 95.5 Å². The van der Waals surface area contributed by atoms with Crippen LogP contribution in [0.5, 0.6) is 0 Å². The quantitative estimate of drug-likeness (QED) is 0.441. The van der Waals surface area contributed by atoms with Crippen molar-refractivity contribution in [3.63, 3.8) is 0 Å². The molecule has 0 atom stereocenters. The second kappa shape index (κ2) is 11.8. The monoisotopic (exact) mass is 238 g/mol. The van der Waals surface area contributed by atoms with E-state index in [2.05, 4.69) is 0 Å². The minimum atomic E-state index is -0.924. The standard InChI is InChI=1S/C10H19ClO4/c11-5-1-2-6-14-7-3-4-8-15-9-10(12)13/h1-9H2,(H,12,13). The maximum absolute atomic E-state index is 10.1. The van der Waals surface area contributed by atoms with Crippen molar-refractivity contribution >= 4 is 17.6 Å². The lowest BCUT2D eigenvalue weighted by Crippen LogP contribution is -2.08. The molecule has 0 aliphatic rings. The number of hydrogen-bond acceptors (Lipinski definition) is 3. The second-order valence-corrected chi connectivity index (χ2v) is 3.54. The Morgan fingerprint density at radius 3 is 2.07 bits per heavy atom. The summed E-state index contributed by atoms with van der Waals surface area (Å²) in [6.45, 7) is 1.73. The molecule has 0 aromatic carbocycles. The smallest absolute Gasteiger partial charge is 0.329 e. The highest BCUT2D eigenvalue weighted by molar-refractivity contribution is 6.17. The highest BCUT2D eigenvalue weighted by Crippen LogP contribution is 1.95. The molecule has 0 aromatic heterocycles. The molecular weight excluding hydrogens is 220 g/mol. The van der Waals surface area contributed by atoms with Gasteiger partial charge in [0.05, 0.1) is 0 Å². The number of carboxylic acid groups (broad SMARTS) is 1. The van der Waals surface area contributed by atoms with Gasteiger partial charge in [-0.15, -0.1) is 11.6 Å². The minimum Gasteiger partial charge on any atom is -0.480 e. The SMILES string of the molecule is O=C(O)COCCCCOCCCCCl. The summed E-state index contributed by atoms with van der Waals surface area (Å²) in [7, 11) is 0. The van der Waals surface area contributed by atoms with Crippen LogP contribution in [0.1, 0.15) is 25.7 Å². The fourth-order valence-corrected chi connectivity index (χ4v) is 1.16. The predicted molar refractivity (Wildman–Crippen MR) is 58.5 cm³/mol. The first kappa shape index (κ1) is 14.7. The van der Waals surface area contributed by atoms with Gasteiger partial charge in [0, 0.05) is 25.7 Å². The highest BCUT2D eigenvalue weighted by atomic mass is 35.5. The van der Waals surface area contributed by atoms with Gasteiger partial charge >= 0.3 is 5.97 Å². The molecule has 0 rings (SSSR count). The minimum absolute atomic E-state index is 0.212. The topological polar surface area (TPSA) is 55.8 Å². The van der Waals surface area contributed by atoms with Crippen LogP contribution < -0.4 is 0 Å². The largest absolute Gasteiger partial charge is 0.480 e. The molecule has 1 N–H and O–H groups in total. The van der Waals surface area contributed by atoms with Crippen molar-refractivity contribution in [2.45, 2.75) is 25.7 Å². The van der Waals surface area contributed by atoms with Gasteiger partial charge < -0.3 is 14.6 Å². The van der Waals surface area contributed by atoms with Crippen LogP contribution in [0.2, 0.25) is 0 Å². The first-order valence-electron chi connectivity index (χ1n) is 5.20. The number of alkyl halides is 1. The molecule has 0 aliphatic heterocycles. The van der Waals surface area contributed by atoms with Crippen molar-refractivity contribution in [3.05, 3.63) is 0 Å². The van der Waals surface area contributed by atoms with Crippen molar-refractivity contribution in [2.24, 2.45) is 0 Å². The van der Waals surface area contributed by atoms with Crippen LogP contribution in [0.15, 0.2) is 0 Å². The molecule has 0 saturated carbocycles. The van der Waals surface area contributed by atoms with E-state index in [0.29, 0.717) is 19.1 Å². The molecular formula is C10H19ClO4. The lowest BCUT2D eigenvalue weighted by molar-refractivity contribution is -0.142. The van der Waals surface area contributed by atoms with Crippen LogP contribution in [-0.2, 0) is 14.3 Å². The van der Waals surface area contributed by atoms with E-state index in [0.717, 1.165) is 32.3 Å². The Balaban J connectivity index is 2.89. The van der Waals surface area contributed by atoms with Crippen molar-refractivity contribution in [2.75, 3.05) is 32.3 Å². The first-order valence-corrected chi connectivity index (χ1v) is 5.74. The molecule has 0 spiro atoms. The van der Waals surface area contributed by atoms with Gasteiger partial charge in [0.25, 0.3) is 0 Å². The van der Waals surface area contributed by atoms with Crippen LogP contribution >= 0.6 is 11.6 Å². The summed E-state index contributed by atoms with van der Waals surface area (Å²) < 4.78 is 10.2. The Morgan fingerprint density at radius 1 is 1.00 bits per heavy atom. The van der Waals surface area contributed by atoms with E-state index in [4.69, 9.17) is 26.2 Å². The Kier molecular flexibility index (Phi) is 11.5. The van der Waals surface area contributed by atoms with Gasteiger partial charge in [-0.05, 0) is 25.7 Å². The van der Waals surface area contributed by atoms with Gasteiger partial charge in [-0.3, -0.25) is 0 Å². The predicted octanol–water partition coefficient (Wildman–Crippen LogP) is 1.90.